The van der Waals surface area contributed by atoms with Gasteiger partial charge in [-0.25, -0.2) is 4.79 Å². The van der Waals surface area contributed by atoms with Crippen LogP contribution in [0.2, 0.25) is 0 Å². The molecule has 0 bridgehead atoms. The summed E-state index contributed by atoms with van der Waals surface area (Å²) in [5.41, 5.74) is 5.29. The number of carboxylic acid groups (broad SMARTS) is 1. The molecule has 0 spiro atoms. The van der Waals surface area contributed by atoms with E-state index in [9.17, 15) is 14.4 Å². The van der Waals surface area contributed by atoms with Gasteiger partial charge in [0.2, 0.25) is 5.91 Å². The number of amides is 2. The number of rotatable bonds is 8. The maximum atomic E-state index is 12.8. The van der Waals surface area contributed by atoms with Crippen LogP contribution in [0, 0.1) is 5.92 Å². The first kappa shape index (κ1) is 23.9. The van der Waals surface area contributed by atoms with Gasteiger partial charge in [0, 0.05) is 5.92 Å². The van der Waals surface area contributed by atoms with Crippen LogP contribution in [0.15, 0.2) is 66.9 Å². The van der Waals surface area contributed by atoms with Crippen LogP contribution >= 0.6 is 0 Å². The van der Waals surface area contributed by atoms with E-state index in [4.69, 9.17) is 9.84 Å². The highest BCUT2D eigenvalue weighted by Crippen LogP contribution is 2.44. The smallest absolute Gasteiger partial charge is 0.407 e. The summed E-state index contributed by atoms with van der Waals surface area (Å²) in [5.74, 6) is -1.67. The Labute approximate surface area is 203 Å². The molecule has 0 aliphatic heterocycles. The molecule has 35 heavy (non-hydrogen) atoms. The molecule has 3 N–H and O–H groups in total. The third kappa shape index (κ3) is 5.48. The first-order valence-electron chi connectivity index (χ1n) is 11.4. The zero-order valence-corrected chi connectivity index (χ0v) is 19.5. The van der Waals surface area contributed by atoms with Crippen LogP contribution in [0.3, 0.4) is 0 Å². The lowest BCUT2D eigenvalue weighted by Gasteiger charge is -2.22. The largest absolute Gasteiger partial charge is 0.481 e. The number of nitrogens with one attached hydrogen (secondary N) is 2. The fourth-order valence-electron chi connectivity index (χ4n) is 4.28. The molecule has 1 aliphatic carbocycles. The molecule has 0 unspecified atom stereocenters. The van der Waals surface area contributed by atoms with Crippen LogP contribution in [-0.2, 0) is 20.7 Å². The first-order chi connectivity index (χ1) is 16.8. The van der Waals surface area contributed by atoms with Crippen molar-refractivity contribution in [2.45, 2.75) is 32.2 Å². The van der Waals surface area contributed by atoms with Gasteiger partial charge in [0.1, 0.15) is 12.6 Å². The van der Waals surface area contributed by atoms with Gasteiger partial charge in [0.05, 0.1) is 24.0 Å². The highest BCUT2D eigenvalue weighted by Gasteiger charge is 2.30. The lowest BCUT2D eigenvalue weighted by atomic mass is 9.98. The Morgan fingerprint density at radius 2 is 1.60 bits per heavy atom. The minimum atomic E-state index is -0.985. The molecule has 0 fully saturated rings. The van der Waals surface area contributed by atoms with Crippen molar-refractivity contribution in [1.82, 2.24) is 10.3 Å². The maximum Gasteiger partial charge on any atom is 0.407 e. The zero-order valence-electron chi connectivity index (χ0n) is 19.5. The van der Waals surface area contributed by atoms with Crippen molar-refractivity contribution in [2.24, 2.45) is 5.92 Å². The summed E-state index contributed by atoms with van der Waals surface area (Å²) < 4.78 is 5.58. The number of fused-ring (bicyclic) bond motifs is 3. The molecule has 0 saturated carbocycles. The van der Waals surface area contributed by atoms with Gasteiger partial charge in [-0.1, -0.05) is 62.4 Å². The number of nitrogens with zero attached hydrogens (tertiary/aromatic N) is 1. The molecule has 1 aromatic heterocycles. The molecule has 2 aromatic carbocycles. The van der Waals surface area contributed by atoms with Gasteiger partial charge < -0.3 is 20.5 Å². The van der Waals surface area contributed by atoms with Crippen molar-refractivity contribution in [3.05, 3.63) is 83.7 Å². The van der Waals surface area contributed by atoms with Crippen LogP contribution in [0.4, 0.5) is 10.5 Å². The zero-order chi connectivity index (χ0) is 24.9. The second kappa shape index (κ2) is 10.4. The number of carbonyl (C=O) groups excluding carboxylic acids is 2. The standard InChI is InChI=1S/C27H27N3O5/c1-16(2)25(26(33)29-18-12-11-17(28-14-18)13-24(31)32)30-27(34)35-15-23-21-9-5-3-7-19(21)20-8-4-6-10-22(20)23/h3-12,14,16,23,25H,13,15H2,1-2H3,(H,29,33)(H,30,34)(H,31,32)/t25-/m0/s1. The van der Waals surface area contributed by atoms with Crippen molar-refractivity contribution < 1.29 is 24.2 Å². The number of hydrogen-bond acceptors (Lipinski definition) is 5. The highest BCUT2D eigenvalue weighted by molar-refractivity contribution is 5.96. The van der Waals surface area contributed by atoms with Gasteiger partial charge in [-0.3, -0.25) is 14.6 Å². The Balaban J connectivity index is 1.38. The van der Waals surface area contributed by atoms with Crippen LogP contribution in [-0.4, -0.2) is 40.7 Å². The van der Waals surface area contributed by atoms with Crippen molar-refractivity contribution in [3.8, 4) is 11.1 Å². The van der Waals surface area contributed by atoms with Crippen LogP contribution < -0.4 is 10.6 Å². The minimum absolute atomic E-state index is 0.0742. The maximum absolute atomic E-state index is 12.8. The predicted octanol–water partition coefficient (Wildman–Crippen LogP) is 4.21. The molecule has 8 nitrogen and oxygen atoms in total. The van der Waals surface area contributed by atoms with Gasteiger partial charge >= 0.3 is 12.1 Å². The molecular weight excluding hydrogens is 446 g/mol. The van der Waals surface area contributed by atoms with Crippen molar-refractivity contribution in [2.75, 3.05) is 11.9 Å². The van der Waals surface area contributed by atoms with E-state index in [0.29, 0.717) is 11.4 Å². The molecule has 2 amide bonds. The number of carbonyl (C=O) groups is 3. The van der Waals surface area contributed by atoms with Crippen LogP contribution in [0.1, 0.15) is 36.6 Å². The Kier molecular flexibility index (Phi) is 7.10. The Bertz CT molecular complexity index is 1190. The number of aromatic nitrogens is 1. The van der Waals surface area contributed by atoms with Crippen LogP contribution in [0.25, 0.3) is 11.1 Å². The lowest BCUT2D eigenvalue weighted by molar-refractivity contribution is -0.136. The van der Waals surface area contributed by atoms with Gasteiger partial charge in [-0.05, 0) is 40.3 Å². The summed E-state index contributed by atoms with van der Waals surface area (Å²) in [6.07, 6.45) is 0.517. The minimum Gasteiger partial charge on any atom is -0.481 e. The van der Waals surface area contributed by atoms with Gasteiger partial charge in [0.25, 0.3) is 0 Å². The molecule has 0 radical (unpaired) electrons. The molecule has 1 atom stereocenters. The van der Waals surface area contributed by atoms with E-state index in [-0.39, 0.29) is 24.9 Å². The monoisotopic (exact) mass is 473 g/mol. The number of aliphatic carboxylic acids is 1. The molecule has 3 aromatic rings. The van der Waals surface area contributed by atoms with Crippen molar-refractivity contribution in [1.29, 1.82) is 0 Å². The summed E-state index contributed by atoms with van der Waals surface area (Å²) in [4.78, 5) is 40.3. The van der Waals surface area contributed by atoms with Gasteiger partial charge in [0.15, 0.2) is 0 Å². The average Bonchev–Trinajstić information content (AvgIpc) is 3.15. The Morgan fingerprint density at radius 3 is 2.14 bits per heavy atom. The number of benzene rings is 2. The molecule has 8 heteroatoms. The van der Waals surface area contributed by atoms with Gasteiger partial charge in [-0.2, -0.15) is 0 Å². The third-order valence-corrected chi connectivity index (χ3v) is 5.99. The average molecular weight is 474 g/mol. The summed E-state index contributed by atoms with van der Waals surface area (Å²) >= 11 is 0. The highest BCUT2D eigenvalue weighted by atomic mass is 16.5. The quantitative estimate of drug-likeness (QED) is 0.451. The Morgan fingerprint density at radius 1 is 0.971 bits per heavy atom. The fourth-order valence-corrected chi connectivity index (χ4v) is 4.28. The van der Waals surface area contributed by atoms with E-state index < -0.39 is 24.0 Å². The van der Waals surface area contributed by atoms with E-state index in [2.05, 4.69) is 27.8 Å². The van der Waals surface area contributed by atoms with Crippen molar-refractivity contribution >= 4 is 23.7 Å². The van der Waals surface area contributed by atoms with E-state index in [1.165, 1.54) is 12.3 Å². The molecular formula is C27H27N3O5. The predicted molar refractivity (Wildman–Crippen MR) is 131 cm³/mol. The lowest BCUT2D eigenvalue weighted by Crippen LogP contribution is -2.47. The second-order valence-corrected chi connectivity index (χ2v) is 8.79. The number of alkyl carbamates (subject to hydrolysis) is 1. The number of ether oxygens (including phenoxy) is 1. The summed E-state index contributed by atoms with van der Waals surface area (Å²) in [7, 11) is 0. The number of hydrogen-bond donors (Lipinski definition) is 3. The van der Waals surface area contributed by atoms with E-state index in [0.717, 1.165) is 22.3 Å². The number of carboxylic acids is 1. The van der Waals surface area contributed by atoms with E-state index in [1.807, 2.05) is 50.2 Å². The first-order valence-corrected chi connectivity index (χ1v) is 11.4. The third-order valence-electron chi connectivity index (χ3n) is 5.99. The van der Waals surface area contributed by atoms with Crippen molar-refractivity contribution in [3.63, 3.8) is 0 Å². The van der Waals surface area contributed by atoms with E-state index >= 15 is 0 Å². The summed E-state index contributed by atoms with van der Waals surface area (Å²) in [5, 5.41) is 14.2. The summed E-state index contributed by atoms with van der Waals surface area (Å²) in [6, 6.07) is 18.4. The molecule has 4 rings (SSSR count). The molecule has 0 saturated heterocycles. The topological polar surface area (TPSA) is 118 Å². The Hall–Kier alpha value is -4.20. The normalized spacial score (nSPS) is 13.0. The van der Waals surface area contributed by atoms with E-state index in [1.54, 1.807) is 6.07 Å². The molecule has 180 valence electrons. The SMILES string of the molecule is CC(C)[C@H](NC(=O)OCC1c2ccccc2-c2ccccc21)C(=O)Nc1ccc(CC(=O)O)nc1. The van der Waals surface area contributed by atoms with Crippen LogP contribution in [0.5, 0.6) is 0 Å². The second-order valence-electron chi connectivity index (χ2n) is 8.79. The molecule has 1 heterocycles. The number of pyridine rings is 1. The van der Waals surface area contributed by atoms with Gasteiger partial charge in [-0.15, -0.1) is 0 Å². The summed E-state index contributed by atoms with van der Waals surface area (Å²) in [6.45, 7) is 3.80. The number of anilines is 1. The molecule has 1 aliphatic rings. The fraction of sp³-hybridized carbons (Fsp3) is 0.259.